The summed E-state index contributed by atoms with van der Waals surface area (Å²) < 4.78 is 5.65. The second-order valence-electron chi connectivity index (χ2n) is 4.89. The molecule has 0 aromatic heterocycles. The van der Waals surface area contributed by atoms with Crippen molar-refractivity contribution in [3.05, 3.63) is 65.4 Å². The normalized spacial score (nSPS) is 15.1. The van der Waals surface area contributed by atoms with Crippen LogP contribution in [0, 0.1) is 0 Å². The van der Waals surface area contributed by atoms with Gasteiger partial charge in [-0.2, -0.15) is 0 Å². The van der Waals surface area contributed by atoms with E-state index in [1.807, 2.05) is 61.5 Å². The Balaban J connectivity index is 2.02. The maximum atomic E-state index is 12.3. The number of rotatable bonds is 2. The van der Waals surface area contributed by atoms with Crippen LogP contribution in [0.15, 0.2) is 54.3 Å². The summed E-state index contributed by atoms with van der Waals surface area (Å²) in [6.45, 7) is 0. The third kappa shape index (κ3) is 2.07. The monoisotopic (exact) mass is 265 g/mol. The Hall–Kier alpha value is -2.55. The Bertz CT molecular complexity index is 702. The Morgan fingerprint density at radius 1 is 1.00 bits per heavy atom. The molecule has 2 aromatic carbocycles. The number of hydrogen-bond donors (Lipinski definition) is 0. The first kappa shape index (κ1) is 12.5. The van der Waals surface area contributed by atoms with Crippen LogP contribution in [0.5, 0.6) is 5.75 Å². The van der Waals surface area contributed by atoms with Gasteiger partial charge in [0.15, 0.2) is 5.76 Å². The molecule has 0 fully saturated rings. The Morgan fingerprint density at radius 2 is 1.70 bits per heavy atom. The SMILES string of the molecule is CN(C)c1ccccc1C=C1Oc2ccccc2C1=O. The molecule has 0 saturated carbocycles. The molecule has 2 aromatic rings. The molecule has 3 rings (SSSR count). The minimum absolute atomic E-state index is 0.0610. The number of fused-ring (bicyclic) bond motifs is 1. The summed E-state index contributed by atoms with van der Waals surface area (Å²) in [7, 11) is 3.95. The minimum atomic E-state index is -0.0610. The van der Waals surface area contributed by atoms with Gasteiger partial charge in [-0.15, -0.1) is 0 Å². The third-order valence-corrected chi connectivity index (χ3v) is 3.28. The second kappa shape index (κ2) is 4.85. The number of allylic oxidation sites excluding steroid dienone is 1. The number of anilines is 1. The lowest BCUT2D eigenvalue weighted by atomic mass is 10.1. The molecule has 0 radical (unpaired) electrons. The van der Waals surface area contributed by atoms with Crippen molar-refractivity contribution < 1.29 is 9.53 Å². The van der Waals surface area contributed by atoms with Crippen LogP contribution in [0.2, 0.25) is 0 Å². The molecule has 0 unspecified atom stereocenters. The summed E-state index contributed by atoms with van der Waals surface area (Å²) in [6, 6.07) is 15.2. The summed E-state index contributed by atoms with van der Waals surface area (Å²) in [5.74, 6) is 0.945. The van der Waals surface area contributed by atoms with Crippen molar-refractivity contribution in [1.82, 2.24) is 0 Å². The van der Waals surface area contributed by atoms with Crippen molar-refractivity contribution in [2.75, 3.05) is 19.0 Å². The van der Waals surface area contributed by atoms with Crippen molar-refractivity contribution in [3.8, 4) is 5.75 Å². The van der Waals surface area contributed by atoms with Gasteiger partial charge >= 0.3 is 0 Å². The van der Waals surface area contributed by atoms with Gasteiger partial charge < -0.3 is 9.64 Å². The molecule has 0 amide bonds. The number of para-hydroxylation sites is 2. The number of nitrogens with zero attached hydrogens (tertiary/aromatic N) is 1. The van der Waals surface area contributed by atoms with Gasteiger partial charge in [0.2, 0.25) is 5.78 Å². The molecule has 1 aliphatic heterocycles. The molecule has 0 aliphatic carbocycles. The fraction of sp³-hybridized carbons (Fsp3) is 0.118. The molecule has 20 heavy (non-hydrogen) atoms. The predicted molar refractivity (Wildman–Crippen MR) is 80.1 cm³/mol. The number of Topliss-reactive ketones (excluding diaryl/α,β-unsaturated/α-hetero) is 1. The molecule has 3 heteroatoms. The van der Waals surface area contributed by atoms with E-state index < -0.39 is 0 Å². The average molecular weight is 265 g/mol. The first-order valence-corrected chi connectivity index (χ1v) is 6.46. The minimum Gasteiger partial charge on any atom is -0.452 e. The standard InChI is InChI=1S/C17H15NO2/c1-18(2)14-9-5-3-7-12(14)11-16-17(19)13-8-4-6-10-15(13)20-16/h3-11H,1-2H3. The summed E-state index contributed by atoms with van der Waals surface area (Å²) >= 11 is 0. The first-order chi connectivity index (χ1) is 9.66. The largest absolute Gasteiger partial charge is 0.452 e. The zero-order valence-corrected chi connectivity index (χ0v) is 11.5. The molecule has 3 nitrogen and oxygen atoms in total. The molecule has 0 atom stereocenters. The second-order valence-corrected chi connectivity index (χ2v) is 4.89. The lowest BCUT2D eigenvalue weighted by Gasteiger charge is -2.15. The first-order valence-electron chi connectivity index (χ1n) is 6.46. The molecule has 0 saturated heterocycles. The smallest absolute Gasteiger partial charge is 0.231 e. The lowest BCUT2D eigenvalue weighted by molar-refractivity contribution is 0.101. The Kier molecular flexibility index (Phi) is 3.03. The quantitative estimate of drug-likeness (QED) is 0.780. The van der Waals surface area contributed by atoms with Gasteiger partial charge in [-0.1, -0.05) is 30.3 Å². The van der Waals surface area contributed by atoms with Gasteiger partial charge in [0.1, 0.15) is 5.75 Å². The molecule has 100 valence electrons. The summed E-state index contributed by atoms with van der Waals surface area (Å²) in [6.07, 6.45) is 1.80. The van der Waals surface area contributed by atoms with Gasteiger partial charge in [-0.05, 0) is 24.3 Å². The van der Waals surface area contributed by atoms with E-state index in [2.05, 4.69) is 0 Å². The maximum absolute atomic E-state index is 12.3. The maximum Gasteiger partial charge on any atom is 0.231 e. The highest BCUT2D eigenvalue weighted by Gasteiger charge is 2.26. The Morgan fingerprint density at radius 3 is 2.45 bits per heavy atom. The molecular weight excluding hydrogens is 250 g/mol. The van der Waals surface area contributed by atoms with Crippen LogP contribution in [0.25, 0.3) is 6.08 Å². The number of carbonyl (C=O) groups is 1. The van der Waals surface area contributed by atoms with Crippen molar-refractivity contribution in [1.29, 1.82) is 0 Å². The van der Waals surface area contributed by atoms with Crippen molar-refractivity contribution >= 4 is 17.5 Å². The van der Waals surface area contributed by atoms with Crippen molar-refractivity contribution in [2.24, 2.45) is 0 Å². The highest BCUT2D eigenvalue weighted by atomic mass is 16.5. The van der Waals surface area contributed by atoms with Gasteiger partial charge in [0.05, 0.1) is 5.56 Å². The van der Waals surface area contributed by atoms with Gasteiger partial charge in [-0.3, -0.25) is 4.79 Å². The van der Waals surface area contributed by atoms with Crippen LogP contribution in [0.3, 0.4) is 0 Å². The fourth-order valence-electron chi connectivity index (χ4n) is 2.29. The predicted octanol–water partition coefficient (Wildman–Crippen LogP) is 3.37. The van der Waals surface area contributed by atoms with Gasteiger partial charge in [-0.25, -0.2) is 0 Å². The van der Waals surface area contributed by atoms with E-state index in [0.29, 0.717) is 17.1 Å². The summed E-state index contributed by atoms with van der Waals surface area (Å²) in [5.41, 5.74) is 2.64. The molecule has 0 spiro atoms. The van der Waals surface area contributed by atoms with E-state index in [1.54, 1.807) is 12.1 Å². The third-order valence-electron chi connectivity index (χ3n) is 3.28. The molecule has 1 heterocycles. The average Bonchev–Trinajstić information content (AvgIpc) is 2.76. The molecule has 1 aliphatic rings. The zero-order chi connectivity index (χ0) is 14.1. The van der Waals surface area contributed by atoms with E-state index in [9.17, 15) is 4.79 Å². The van der Waals surface area contributed by atoms with Crippen LogP contribution >= 0.6 is 0 Å². The van der Waals surface area contributed by atoms with E-state index in [1.165, 1.54) is 0 Å². The molecule has 0 N–H and O–H groups in total. The summed E-state index contributed by atoms with van der Waals surface area (Å²) in [4.78, 5) is 14.3. The van der Waals surface area contributed by atoms with Gasteiger partial charge in [0.25, 0.3) is 0 Å². The van der Waals surface area contributed by atoms with Crippen LogP contribution in [0.1, 0.15) is 15.9 Å². The van der Waals surface area contributed by atoms with E-state index in [-0.39, 0.29) is 5.78 Å². The topological polar surface area (TPSA) is 29.5 Å². The van der Waals surface area contributed by atoms with Gasteiger partial charge in [0, 0.05) is 25.3 Å². The highest BCUT2D eigenvalue weighted by molar-refractivity contribution is 6.14. The lowest BCUT2D eigenvalue weighted by Crippen LogP contribution is -2.10. The van der Waals surface area contributed by atoms with E-state index in [4.69, 9.17) is 4.74 Å². The van der Waals surface area contributed by atoms with Crippen LogP contribution in [0.4, 0.5) is 5.69 Å². The number of ether oxygens (including phenoxy) is 1. The van der Waals surface area contributed by atoms with E-state index in [0.717, 1.165) is 11.3 Å². The van der Waals surface area contributed by atoms with Crippen LogP contribution in [-0.2, 0) is 0 Å². The number of carbonyl (C=O) groups excluding carboxylic acids is 1. The summed E-state index contributed by atoms with van der Waals surface area (Å²) in [5, 5.41) is 0. The van der Waals surface area contributed by atoms with Crippen molar-refractivity contribution in [2.45, 2.75) is 0 Å². The molecular formula is C17H15NO2. The number of ketones is 1. The highest BCUT2D eigenvalue weighted by Crippen LogP contribution is 2.32. The van der Waals surface area contributed by atoms with E-state index >= 15 is 0 Å². The molecule has 0 bridgehead atoms. The number of hydrogen-bond acceptors (Lipinski definition) is 3. The Labute approximate surface area is 118 Å². The number of benzene rings is 2. The van der Waals surface area contributed by atoms with Crippen LogP contribution < -0.4 is 9.64 Å². The fourth-order valence-corrected chi connectivity index (χ4v) is 2.29. The van der Waals surface area contributed by atoms with Crippen LogP contribution in [-0.4, -0.2) is 19.9 Å². The zero-order valence-electron chi connectivity index (χ0n) is 11.5. The van der Waals surface area contributed by atoms with Crippen molar-refractivity contribution in [3.63, 3.8) is 0 Å².